The Morgan fingerprint density at radius 1 is 1.20 bits per heavy atom. The quantitative estimate of drug-likeness (QED) is 0.320. The molecule has 0 aliphatic carbocycles. The first-order chi connectivity index (χ1) is 16.2. The van der Waals surface area contributed by atoms with E-state index in [1.54, 1.807) is 41.5 Å². The molecule has 1 fully saturated rings. The second-order valence-electron chi connectivity index (χ2n) is 10.3. The maximum Gasteiger partial charge on any atom is 0.407 e. The third-order valence-corrected chi connectivity index (χ3v) is 5.21. The molecule has 10 heteroatoms. The summed E-state index contributed by atoms with van der Waals surface area (Å²) < 4.78 is 24.6. The van der Waals surface area contributed by atoms with Crippen LogP contribution >= 0.6 is 11.6 Å². The summed E-state index contributed by atoms with van der Waals surface area (Å²) in [7, 11) is 0. The lowest BCUT2D eigenvalue weighted by Crippen LogP contribution is -2.50. The minimum Gasteiger partial charge on any atom is -0.465 e. The molecule has 1 heterocycles. The van der Waals surface area contributed by atoms with Crippen molar-refractivity contribution in [1.82, 2.24) is 15.5 Å². The van der Waals surface area contributed by atoms with Crippen molar-refractivity contribution in [2.24, 2.45) is 0 Å². The van der Waals surface area contributed by atoms with E-state index in [2.05, 4.69) is 15.5 Å². The van der Waals surface area contributed by atoms with Crippen LogP contribution in [0.3, 0.4) is 0 Å². The molecule has 1 aromatic carbocycles. The highest BCUT2D eigenvalue weighted by atomic mass is 35.5. The second-order valence-corrected chi connectivity index (χ2v) is 10.7. The number of hydrogen-bond donors (Lipinski definition) is 2. The van der Waals surface area contributed by atoms with Crippen LogP contribution in [-0.4, -0.2) is 47.3 Å². The number of rotatable bonds is 6. The number of piperidine rings is 1. The predicted octanol–water partition coefficient (Wildman–Crippen LogP) is 4.99. The number of amides is 1. The van der Waals surface area contributed by atoms with Gasteiger partial charge in [-0.2, -0.15) is 0 Å². The number of carbonyl (C=O) groups excluding carboxylic acids is 2. The molecule has 1 aliphatic heterocycles. The maximum absolute atomic E-state index is 13.8. The molecule has 1 amide bonds. The molecular weight excluding hydrogens is 475 g/mol. The van der Waals surface area contributed by atoms with Gasteiger partial charge in [0.05, 0.1) is 6.57 Å². The smallest absolute Gasteiger partial charge is 0.407 e. The standard InChI is InChI=1S/C25H34ClFN4O4/c1-24(2,3)34-22(32)20(28-7)21(29-14-16-13-17(27)10-11-19(16)26)31-12-8-9-18(15-31)30-23(33)35-25(4,5)6/h10-11,13,18,29H,8-9,12,14-15H2,1-6H3,(H,30,33)/b21-20+/t18-/m1/s1. The highest BCUT2D eigenvalue weighted by Crippen LogP contribution is 2.23. The summed E-state index contributed by atoms with van der Waals surface area (Å²) in [6.45, 7) is 19.1. The predicted molar refractivity (Wildman–Crippen MR) is 132 cm³/mol. The summed E-state index contributed by atoms with van der Waals surface area (Å²) >= 11 is 6.21. The number of nitrogens with zero attached hydrogens (tertiary/aromatic N) is 2. The lowest BCUT2D eigenvalue weighted by molar-refractivity contribution is -0.149. The molecule has 2 rings (SSSR count). The van der Waals surface area contributed by atoms with Gasteiger partial charge in [-0.3, -0.25) is 4.79 Å². The van der Waals surface area contributed by atoms with E-state index in [1.165, 1.54) is 18.2 Å². The van der Waals surface area contributed by atoms with Crippen molar-refractivity contribution >= 4 is 23.7 Å². The number of nitrogens with one attached hydrogen (secondary N) is 2. The molecule has 192 valence electrons. The van der Waals surface area contributed by atoms with E-state index < -0.39 is 29.1 Å². The highest BCUT2D eigenvalue weighted by molar-refractivity contribution is 6.31. The van der Waals surface area contributed by atoms with Crippen molar-refractivity contribution in [3.8, 4) is 0 Å². The van der Waals surface area contributed by atoms with Gasteiger partial charge < -0.3 is 25.0 Å². The third-order valence-electron chi connectivity index (χ3n) is 4.84. The molecule has 0 aromatic heterocycles. The Bertz CT molecular complexity index is 1010. The van der Waals surface area contributed by atoms with Gasteiger partial charge in [-0.15, -0.1) is 0 Å². The zero-order chi connectivity index (χ0) is 26.4. The molecule has 0 bridgehead atoms. The number of likely N-dealkylation sites (tertiary alicyclic amines) is 1. The maximum atomic E-state index is 13.8. The van der Waals surface area contributed by atoms with Gasteiger partial charge in [0.1, 0.15) is 22.8 Å². The Morgan fingerprint density at radius 2 is 1.86 bits per heavy atom. The Labute approximate surface area is 211 Å². The van der Waals surface area contributed by atoms with Gasteiger partial charge in [0.15, 0.2) is 0 Å². The first kappa shape index (κ1) is 28.2. The molecule has 1 aromatic rings. The number of ether oxygens (including phenoxy) is 2. The Morgan fingerprint density at radius 3 is 2.46 bits per heavy atom. The van der Waals surface area contributed by atoms with Gasteiger partial charge in [-0.05, 0) is 78.1 Å². The topological polar surface area (TPSA) is 84.3 Å². The largest absolute Gasteiger partial charge is 0.465 e. The molecule has 0 radical (unpaired) electrons. The van der Waals surface area contributed by atoms with Crippen LogP contribution in [0.2, 0.25) is 5.02 Å². The lowest BCUT2D eigenvalue weighted by Gasteiger charge is -2.37. The fraction of sp³-hybridized carbons (Fsp3) is 0.560. The Kier molecular flexibility index (Phi) is 9.38. The molecule has 0 unspecified atom stereocenters. The van der Waals surface area contributed by atoms with Gasteiger partial charge in [-0.25, -0.2) is 14.0 Å². The van der Waals surface area contributed by atoms with Crippen molar-refractivity contribution < 1.29 is 23.5 Å². The van der Waals surface area contributed by atoms with Crippen LogP contribution in [0.1, 0.15) is 59.9 Å². The average Bonchev–Trinajstić information content (AvgIpc) is 2.70. The fourth-order valence-corrected chi connectivity index (χ4v) is 3.68. The number of esters is 1. The minimum atomic E-state index is -0.799. The first-order valence-corrected chi connectivity index (χ1v) is 11.8. The highest BCUT2D eigenvalue weighted by Gasteiger charge is 2.30. The number of alkyl carbamates (subject to hydrolysis) is 1. The number of hydrogen-bond acceptors (Lipinski definition) is 6. The molecular formula is C25H34ClFN4O4. The van der Waals surface area contributed by atoms with Crippen LogP contribution in [0.25, 0.3) is 4.85 Å². The van der Waals surface area contributed by atoms with Crippen LogP contribution in [-0.2, 0) is 20.8 Å². The third kappa shape index (κ3) is 9.29. The minimum absolute atomic E-state index is 0.0778. The Hall–Kier alpha value is -2.99. The molecule has 0 saturated carbocycles. The number of carbonyl (C=O) groups is 2. The SMILES string of the molecule is [C-]#[N+]/C(C(=O)OC(C)(C)C)=C(\NCc1cc(F)ccc1Cl)N1CCC[C@@H](NC(=O)OC(C)(C)C)C1. The molecule has 1 aliphatic rings. The monoisotopic (exact) mass is 508 g/mol. The van der Waals surface area contributed by atoms with Crippen molar-refractivity contribution in [1.29, 1.82) is 0 Å². The molecule has 8 nitrogen and oxygen atoms in total. The second kappa shape index (κ2) is 11.6. The molecule has 1 atom stereocenters. The summed E-state index contributed by atoms with van der Waals surface area (Å²) in [5, 5.41) is 6.31. The molecule has 2 N–H and O–H groups in total. The zero-order valence-corrected chi connectivity index (χ0v) is 21.9. The normalized spacial score (nSPS) is 17.1. The zero-order valence-electron chi connectivity index (χ0n) is 21.1. The van der Waals surface area contributed by atoms with E-state index in [0.717, 1.165) is 0 Å². The van der Waals surface area contributed by atoms with Crippen LogP contribution in [0.15, 0.2) is 29.7 Å². The van der Waals surface area contributed by atoms with Gasteiger partial charge in [0.25, 0.3) is 0 Å². The summed E-state index contributed by atoms with van der Waals surface area (Å²) in [4.78, 5) is 30.5. The van der Waals surface area contributed by atoms with Crippen LogP contribution in [0.4, 0.5) is 9.18 Å². The van der Waals surface area contributed by atoms with Gasteiger partial charge in [0, 0.05) is 30.7 Å². The number of benzene rings is 1. The first-order valence-electron chi connectivity index (χ1n) is 11.5. The number of halogens is 2. The van der Waals surface area contributed by atoms with Crippen molar-refractivity contribution in [2.75, 3.05) is 13.1 Å². The van der Waals surface area contributed by atoms with Crippen LogP contribution < -0.4 is 10.6 Å². The summed E-state index contributed by atoms with van der Waals surface area (Å²) in [5.41, 5.74) is -1.20. The van der Waals surface area contributed by atoms with E-state index in [9.17, 15) is 14.0 Å². The van der Waals surface area contributed by atoms with Gasteiger partial charge in [-0.1, -0.05) is 11.6 Å². The average molecular weight is 509 g/mol. The molecule has 0 spiro atoms. The summed E-state index contributed by atoms with van der Waals surface area (Å²) in [6, 6.07) is 3.73. The van der Waals surface area contributed by atoms with E-state index in [4.69, 9.17) is 27.6 Å². The lowest BCUT2D eigenvalue weighted by atomic mass is 10.1. The van der Waals surface area contributed by atoms with Crippen molar-refractivity contribution in [2.45, 2.75) is 78.2 Å². The Balaban J connectivity index is 2.33. The van der Waals surface area contributed by atoms with E-state index >= 15 is 0 Å². The van der Waals surface area contributed by atoms with Gasteiger partial charge >= 0.3 is 17.8 Å². The van der Waals surface area contributed by atoms with E-state index in [0.29, 0.717) is 36.5 Å². The fourth-order valence-electron chi connectivity index (χ4n) is 3.50. The van der Waals surface area contributed by atoms with Crippen molar-refractivity contribution in [3.05, 3.63) is 57.5 Å². The summed E-state index contributed by atoms with van der Waals surface area (Å²) in [5.74, 6) is -0.985. The summed E-state index contributed by atoms with van der Waals surface area (Å²) in [6.07, 6.45) is 0.872. The van der Waals surface area contributed by atoms with E-state index in [1.807, 2.05) is 4.90 Å². The molecule has 1 saturated heterocycles. The van der Waals surface area contributed by atoms with Crippen molar-refractivity contribution in [3.63, 3.8) is 0 Å². The van der Waals surface area contributed by atoms with E-state index in [-0.39, 0.29) is 24.1 Å². The van der Waals surface area contributed by atoms with Crippen LogP contribution in [0, 0.1) is 12.4 Å². The molecule has 35 heavy (non-hydrogen) atoms. The van der Waals surface area contributed by atoms with Gasteiger partial charge in [0.2, 0.25) is 0 Å². The van der Waals surface area contributed by atoms with Crippen LogP contribution in [0.5, 0.6) is 0 Å².